The van der Waals surface area contributed by atoms with Crippen LogP contribution in [0.3, 0.4) is 0 Å². The summed E-state index contributed by atoms with van der Waals surface area (Å²) in [7, 11) is 0. The van der Waals surface area contributed by atoms with Crippen LogP contribution in [0.2, 0.25) is 0 Å². The lowest BCUT2D eigenvalue weighted by Gasteiger charge is -2.14. The highest BCUT2D eigenvalue weighted by Crippen LogP contribution is 2.42. The maximum atomic E-state index is 13.9. The molecule has 1 aliphatic rings. The van der Waals surface area contributed by atoms with Gasteiger partial charge in [0.25, 0.3) is 5.92 Å². The molecule has 3 heteroatoms. The van der Waals surface area contributed by atoms with E-state index in [9.17, 15) is 8.78 Å². The Labute approximate surface area is 136 Å². The summed E-state index contributed by atoms with van der Waals surface area (Å²) in [5.74, 6) is -2.11. The quantitative estimate of drug-likeness (QED) is 0.255. The fourth-order valence-corrected chi connectivity index (χ4v) is 3.10. The number of ether oxygens (including phenoxy) is 1. The molecule has 1 fully saturated rings. The molecular formula is C19H36F2O. The van der Waals surface area contributed by atoms with E-state index in [1.807, 2.05) is 0 Å². The summed E-state index contributed by atoms with van der Waals surface area (Å²) in [6.07, 6.45) is 11.4. The second kappa shape index (κ2) is 10.6. The Balaban J connectivity index is 1.98. The molecule has 132 valence electrons. The van der Waals surface area contributed by atoms with Gasteiger partial charge in [-0.1, -0.05) is 78.6 Å². The predicted molar refractivity (Wildman–Crippen MR) is 89.5 cm³/mol. The third kappa shape index (κ3) is 8.45. The van der Waals surface area contributed by atoms with Crippen LogP contribution in [0, 0.1) is 5.92 Å². The molecule has 0 aromatic heterocycles. The first-order chi connectivity index (χ1) is 10.5. The molecule has 0 aromatic rings. The van der Waals surface area contributed by atoms with Crippen molar-refractivity contribution >= 4 is 0 Å². The van der Waals surface area contributed by atoms with Crippen LogP contribution in [-0.2, 0) is 4.74 Å². The smallest absolute Gasteiger partial charge is 0.276 e. The Morgan fingerprint density at radius 1 is 0.909 bits per heavy atom. The summed E-state index contributed by atoms with van der Waals surface area (Å²) in [6, 6.07) is 0. The van der Waals surface area contributed by atoms with E-state index in [4.69, 9.17) is 4.74 Å². The molecule has 0 aromatic carbocycles. The van der Waals surface area contributed by atoms with Crippen molar-refractivity contribution < 1.29 is 13.5 Å². The number of epoxide rings is 1. The van der Waals surface area contributed by atoms with Crippen molar-refractivity contribution in [2.75, 3.05) is 0 Å². The largest absolute Gasteiger partial charge is 0.363 e. The van der Waals surface area contributed by atoms with Crippen LogP contribution in [0.1, 0.15) is 97.8 Å². The molecule has 0 saturated carbocycles. The van der Waals surface area contributed by atoms with Gasteiger partial charge in [-0.3, -0.25) is 0 Å². The molecule has 0 spiro atoms. The molecule has 0 amide bonds. The van der Waals surface area contributed by atoms with Gasteiger partial charge in [-0.25, -0.2) is 8.78 Å². The van der Waals surface area contributed by atoms with Crippen LogP contribution in [0.25, 0.3) is 0 Å². The minimum atomic E-state index is -2.61. The lowest BCUT2D eigenvalue weighted by Crippen LogP contribution is -2.25. The van der Waals surface area contributed by atoms with Crippen LogP contribution in [0.5, 0.6) is 0 Å². The number of unbranched alkanes of at least 4 members (excludes halogenated alkanes) is 7. The van der Waals surface area contributed by atoms with Gasteiger partial charge in [0.1, 0.15) is 6.10 Å². The topological polar surface area (TPSA) is 12.5 Å². The van der Waals surface area contributed by atoms with Crippen molar-refractivity contribution in [3.8, 4) is 0 Å². The van der Waals surface area contributed by atoms with E-state index in [2.05, 4.69) is 20.8 Å². The second-order valence-corrected chi connectivity index (χ2v) is 7.41. The predicted octanol–water partition coefficient (Wildman–Crippen LogP) is 6.75. The Morgan fingerprint density at radius 2 is 1.50 bits per heavy atom. The van der Waals surface area contributed by atoms with E-state index in [-0.39, 0.29) is 12.5 Å². The van der Waals surface area contributed by atoms with Gasteiger partial charge in [0, 0.05) is 6.42 Å². The highest BCUT2D eigenvalue weighted by Gasteiger charge is 2.55. The van der Waals surface area contributed by atoms with Crippen LogP contribution >= 0.6 is 0 Å². The number of hydrogen-bond donors (Lipinski definition) is 0. The van der Waals surface area contributed by atoms with Crippen molar-refractivity contribution in [2.45, 2.75) is 116 Å². The van der Waals surface area contributed by atoms with Crippen molar-refractivity contribution in [1.29, 1.82) is 0 Å². The summed E-state index contributed by atoms with van der Waals surface area (Å²) in [5, 5.41) is 0. The van der Waals surface area contributed by atoms with Crippen LogP contribution in [0.15, 0.2) is 0 Å². The Bertz CT molecular complexity index is 279. The van der Waals surface area contributed by atoms with Gasteiger partial charge >= 0.3 is 0 Å². The summed E-state index contributed by atoms with van der Waals surface area (Å²) >= 11 is 0. The average Bonchev–Trinajstić information content (AvgIpc) is 3.21. The van der Waals surface area contributed by atoms with E-state index in [1.165, 1.54) is 38.5 Å². The van der Waals surface area contributed by atoms with Crippen LogP contribution < -0.4 is 0 Å². The molecule has 1 saturated heterocycles. The maximum absolute atomic E-state index is 13.9. The number of alkyl halides is 2. The zero-order valence-corrected chi connectivity index (χ0v) is 14.9. The summed E-state index contributed by atoms with van der Waals surface area (Å²) in [6.45, 7) is 6.39. The van der Waals surface area contributed by atoms with Crippen molar-refractivity contribution in [1.82, 2.24) is 0 Å². The molecule has 1 heterocycles. The third-order valence-electron chi connectivity index (χ3n) is 4.63. The molecule has 1 aliphatic heterocycles. The fourth-order valence-electron chi connectivity index (χ4n) is 3.10. The van der Waals surface area contributed by atoms with Gasteiger partial charge < -0.3 is 4.74 Å². The Kier molecular flexibility index (Phi) is 9.54. The number of halogens is 2. The highest BCUT2D eigenvalue weighted by atomic mass is 19.3. The van der Waals surface area contributed by atoms with Crippen molar-refractivity contribution in [3.63, 3.8) is 0 Å². The average molecular weight is 318 g/mol. The molecule has 22 heavy (non-hydrogen) atoms. The minimum Gasteiger partial charge on any atom is -0.363 e. The minimum absolute atomic E-state index is 0.0101. The monoisotopic (exact) mass is 318 g/mol. The van der Waals surface area contributed by atoms with Gasteiger partial charge in [0.15, 0.2) is 0 Å². The Hall–Kier alpha value is -0.180. The zero-order valence-electron chi connectivity index (χ0n) is 14.9. The molecular weight excluding hydrogens is 282 g/mol. The van der Waals surface area contributed by atoms with Gasteiger partial charge in [-0.05, 0) is 18.8 Å². The van der Waals surface area contributed by atoms with Gasteiger partial charge in [0.2, 0.25) is 0 Å². The second-order valence-electron chi connectivity index (χ2n) is 7.41. The van der Waals surface area contributed by atoms with Gasteiger partial charge in [0.05, 0.1) is 6.10 Å². The van der Waals surface area contributed by atoms with Crippen LogP contribution in [-0.4, -0.2) is 18.1 Å². The SMILES string of the molecule is CCCCCCCCCC[C@H]1O[C@H]1C(F)(F)CCCC(C)C. The Morgan fingerprint density at radius 3 is 2.09 bits per heavy atom. The molecule has 0 N–H and O–H groups in total. The summed E-state index contributed by atoms with van der Waals surface area (Å²) < 4.78 is 33.1. The fraction of sp³-hybridized carbons (Fsp3) is 1.00. The standard InChI is InChI=1S/C19H36F2O/c1-4-5-6-7-8-9-10-11-14-17-18(22-17)19(20,21)15-12-13-16(2)3/h16-18H,4-15H2,1-3H3/t17-,18-/m1/s1. The molecule has 2 atom stereocenters. The highest BCUT2D eigenvalue weighted by molar-refractivity contribution is 4.95. The van der Waals surface area contributed by atoms with Crippen molar-refractivity contribution in [3.05, 3.63) is 0 Å². The maximum Gasteiger partial charge on any atom is 0.276 e. The normalized spacial score (nSPS) is 21.5. The van der Waals surface area contributed by atoms with E-state index < -0.39 is 12.0 Å². The van der Waals surface area contributed by atoms with Crippen molar-refractivity contribution in [2.24, 2.45) is 5.92 Å². The van der Waals surface area contributed by atoms with Crippen LogP contribution in [0.4, 0.5) is 8.78 Å². The van der Waals surface area contributed by atoms with E-state index in [0.717, 1.165) is 25.7 Å². The molecule has 0 bridgehead atoms. The lowest BCUT2D eigenvalue weighted by atomic mass is 9.99. The number of rotatable bonds is 14. The zero-order chi connectivity index (χ0) is 16.4. The van der Waals surface area contributed by atoms with Gasteiger partial charge in [-0.15, -0.1) is 0 Å². The summed E-state index contributed by atoms with van der Waals surface area (Å²) in [5.41, 5.74) is 0. The summed E-state index contributed by atoms with van der Waals surface area (Å²) in [4.78, 5) is 0. The third-order valence-corrected chi connectivity index (χ3v) is 4.63. The van der Waals surface area contributed by atoms with E-state index in [0.29, 0.717) is 12.3 Å². The number of hydrogen-bond acceptors (Lipinski definition) is 1. The molecule has 0 radical (unpaired) electrons. The van der Waals surface area contributed by atoms with Gasteiger partial charge in [-0.2, -0.15) is 0 Å². The first-order valence-corrected chi connectivity index (χ1v) is 9.50. The molecule has 1 nitrogen and oxygen atoms in total. The van der Waals surface area contributed by atoms with E-state index >= 15 is 0 Å². The molecule has 0 unspecified atom stereocenters. The first-order valence-electron chi connectivity index (χ1n) is 9.50. The molecule has 1 rings (SSSR count). The molecule has 0 aliphatic carbocycles. The lowest BCUT2D eigenvalue weighted by molar-refractivity contribution is -0.0365. The first kappa shape index (κ1) is 19.9. The van der Waals surface area contributed by atoms with E-state index in [1.54, 1.807) is 0 Å².